The number of nitriles is 1. The topological polar surface area (TPSA) is 61.9 Å². The van der Waals surface area contributed by atoms with Gasteiger partial charge in [0.15, 0.2) is 0 Å². The fourth-order valence-electron chi connectivity index (χ4n) is 1.52. The Morgan fingerprint density at radius 1 is 1.53 bits per heavy atom. The fraction of sp³-hybridized carbons (Fsp3) is 0.143. The lowest BCUT2D eigenvalue weighted by Crippen LogP contribution is -2.00. The monoisotopic (exact) mass is 273 g/mol. The Labute approximate surface area is 116 Å². The van der Waals surface area contributed by atoms with Crippen LogP contribution >= 0.6 is 11.6 Å². The molecule has 0 aliphatic rings. The van der Waals surface area contributed by atoms with Gasteiger partial charge in [-0.15, -0.1) is 0 Å². The largest absolute Gasteiger partial charge is 0.420 e. The lowest BCUT2D eigenvalue weighted by atomic mass is 10.2. The summed E-state index contributed by atoms with van der Waals surface area (Å²) in [7, 11) is 0. The minimum Gasteiger partial charge on any atom is -0.420 e. The smallest absolute Gasteiger partial charge is 0.232 e. The lowest BCUT2D eigenvalue weighted by molar-refractivity contribution is 0.553. The summed E-state index contributed by atoms with van der Waals surface area (Å²) in [6.07, 6.45) is 0. The second-order valence-electron chi connectivity index (χ2n) is 4.03. The molecule has 5 heteroatoms. The molecule has 1 aromatic carbocycles. The first-order chi connectivity index (χ1) is 9.11. The van der Waals surface area contributed by atoms with E-state index in [1.807, 2.05) is 30.3 Å². The van der Waals surface area contributed by atoms with Gasteiger partial charge in [0.1, 0.15) is 6.07 Å². The van der Waals surface area contributed by atoms with Crippen molar-refractivity contribution in [1.29, 1.82) is 5.26 Å². The Balaban J connectivity index is 2.18. The molecule has 0 amide bonds. The Bertz CT molecular complexity index is 655. The van der Waals surface area contributed by atoms with Crippen LogP contribution in [0.4, 0.5) is 5.88 Å². The highest BCUT2D eigenvalue weighted by Crippen LogP contribution is 2.22. The molecule has 0 saturated carbocycles. The molecule has 0 saturated heterocycles. The van der Waals surface area contributed by atoms with Gasteiger partial charge < -0.3 is 9.73 Å². The van der Waals surface area contributed by atoms with Crippen LogP contribution < -0.4 is 5.32 Å². The third kappa shape index (κ3) is 2.95. The van der Waals surface area contributed by atoms with E-state index in [1.54, 1.807) is 6.92 Å². The zero-order valence-electron chi connectivity index (χ0n) is 10.4. The number of nitrogens with zero attached hydrogens (tertiary/aromatic N) is 2. The minimum atomic E-state index is 0.213. The van der Waals surface area contributed by atoms with Crippen molar-refractivity contribution in [3.05, 3.63) is 53.0 Å². The van der Waals surface area contributed by atoms with Gasteiger partial charge in [0.25, 0.3) is 0 Å². The van der Waals surface area contributed by atoms with Gasteiger partial charge in [0, 0.05) is 17.1 Å². The SMILES string of the molecule is C=C(C)c1nc(C#N)c(NCc2ccccc2Cl)o1. The highest BCUT2D eigenvalue weighted by Gasteiger charge is 2.13. The maximum absolute atomic E-state index is 9.00. The predicted molar refractivity (Wildman–Crippen MR) is 74.7 cm³/mol. The number of halogens is 1. The first-order valence-corrected chi connectivity index (χ1v) is 6.03. The van der Waals surface area contributed by atoms with E-state index >= 15 is 0 Å². The molecule has 0 radical (unpaired) electrons. The quantitative estimate of drug-likeness (QED) is 0.919. The van der Waals surface area contributed by atoms with E-state index < -0.39 is 0 Å². The second kappa shape index (κ2) is 5.59. The molecule has 0 aliphatic heterocycles. The van der Waals surface area contributed by atoms with Gasteiger partial charge in [-0.3, -0.25) is 0 Å². The van der Waals surface area contributed by atoms with Gasteiger partial charge >= 0.3 is 0 Å². The number of hydrogen-bond acceptors (Lipinski definition) is 4. The van der Waals surface area contributed by atoms with E-state index in [9.17, 15) is 0 Å². The van der Waals surface area contributed by atoms with E-state index in [1.165, 1.54) is 0 Å². The van der Waals surface area contributed by atoms with Gasteiger partial charge in [-0.25, -0.2) is 0 Å². The van der Waals surface area contributed by atoms with Crippen molar-refractivity contribution in [3.8, 4) is 6.07 Å². The standard InChI is InChI=1S/C14H12ClN3O/c1-9(2)13-18-12(7-16)14(19-13)17-8-10-5-3-4-6-11(10)15/h3-6,17H,1,8H2,2H3. The molecule has 19 heavy (non-hydrogen) atoms. The molecular formula is C14H12ClN3O. The number of hydrogen-bond donors (Lipinski definition) is 1. The lowest BCUT2D eigenvalue weighted by Gasteiger charge is -2.04. The number of anilines is 1. The number of allylic oxidation sites excluding steroid dienone is 1. The second-order valence-corrected chi connectivity index (χ2v) is 4.44. The average molecular weight is 274 g/mol. The Hall–Kier alpha value is -2.25. The molecule has 4 nitrogen and oxygen atoms in total. The summed E-state index contributed by atoms with van der Waals surface area (Å²) in [6, 6.07) is 9.45. The molecule has 1 heterocycles. The van der Waals surface area contributed by atoms with Gasteiger partial charge in [-0.2, -0.15) is 10.2 Å². The molecule has 2 aromatic rings. The third-order valence-electron chi connectivity index (χ3n) is 2.50. The summed E-state index contributed by atoms with van der Waals surface area (Å²) in [4.78, 5) is 4.04. The van der Waals surface area contributed by atoms with Crippen LogP contribution in [0.1, 0.15) is 24.1 Å². The fourth-order valence-corrected chi connectivity index (χ4v) is 1.72. The molecule has 0 fully saturated rings. The van der Waals surface area contributed by atoms with Crippen molar-refractivity contribution < 1.29 is 4.42 Å². The van der Waals surface area contributed by atoms with Crippen molar-refractivity contribution in [3.63, 3.8) is 0 Å². The summed E-state index contributed by atoms with van der Waals surface area (Å²) in [6.45, 7) is 5.96. The maximum atomic E-state index is 9.00. The van der Waals surface area contributed by atoms with Crippen molar-refractivity contribution in [2.24, 2.45) is 0 Å². The van der Waals surface area contributed by atoms with Crippen LogP contribution in [0.5, 0.6) is 0 Å². The summed E-state index contributed by atoms with van der Waals surface area (Å²) in [5.74, 6) is 0.693. The molecule has 0 unspecified atom stereocenters. The van der Waals surface area contributed by atoms with E-state index in [4.69, 9.17) is 21.3 Å². The summed E-state index contributed by atoms with van der Waals surface area (Å²) in [5.41, 5.74) is 1.80. The number of aromatic nitrogens is 1. The van der Waals surface area contributed by atoms with E-state index in [-0.39, 0.29) is 5.69 Å². The molecular weight excluding hydrogens is 262 g/mol. The number of oxazole rings is 1. The zero-order valence-corrected chi connectivity index (χ0v) is 11.2. The van der Waals surface area contributed by atoms with Crippen LogP contribution in [0.2, 0.25) is 5.02 Å². The molecule has 0 aliphatic carbocycles. The maximum Gasteiger partial charge on any atom is 0.232 e. The summed E-state index contributed by atoms with van der Waals surface area (Å²) in [5, 5.41) is 12.7. The van der Waals surface area contributed by atoms with Crippen LogP contribution in [0.25, 0.3) is 5.57 Å². The molecule has 0 bridgehead atoms. The van der Waals surface area contributed by atoms with Crippen molar-refractivity contribution in [1.82, 2.24) is 4.98 Å². The van der Waals surface area contributed by atoms with Gasteiger partial charge in [-0.1, -0.05) is 36.4 Å². The predicted octanol–water partition coefficient (Wildman–Crippen LogP) is 3.84. The molecule has 2 rings (SSSR count). The molecule has 96 valence electrons. The molecule has 1 N–H and O–H groups in total. The highest BCUT2D eigenvalue weighted by atomic mass is 35.5. The number of benzene rings is 1. The third-order valence-corrected chi connectivity index (χ3v) is 2.86. The van der Waals surface area contributed by atoms with Crippen LogP contribution in [-0.4, -0.2) is 4.98 Å². The van der Waals surface area contributed by atoms with E-state index in [0.29, 0.717) is 28.9 Å². The highest BCUT2D eigenvalue weighted by molar-refractivity contribution is 6.31. The molecule has 1 aromatic heterocycles. The first-order valence-electron chi connectivity index (χ1n) is 5.66. The van der Waals surface area contributed by atoms with E-state index in [2.05, 4.69) is 16.9 Å². The average Bonchev–Trinajstić information content (AvgIpc) is 2.81. The van der Waals surface area contributed by atoms with Crippen molar-refractivity contribution in [2.75, 3.05) is 5.32 Å². The summed E-state index contributed by atoms with van der Waals surface area (Å²) < 4.78 is 5.44. The molecule has 0 atom stereocenters. The van der Waals surface area contributed by atoms with Crippen molar-refractivity contribution >= 4 is 23.1 Å². The van der Waals surface area contributed by atoms with Crippen LogP contribution in [0.15, 0.2) is 35.3 Å². The summed E-state index contributed by atoms with van der Waals surface area (Å²) >= 11 is 6.05. The minimum absolute atomic E-state index is 0.213. The number of rotatable bonds is 4. The van der Waals surface area contributed by atoms with E-state index in [0.717, 1.165) is 5.56 Å². The Morgan fingerprint density at radius 3 is 2.89 bits per heavy atom. The van der Waals surface area contributed by atoms with Crippen LogP contribution in [0.3, 0.4) is 0 Å². The number of nitrogens with one attached hydrogen (secondary N) is 1. The van der Waals surface area contributed by atoms with Crippen LogP contribution in [0, 0.1) is 11.3 Å². The van der Waals surface area contributed by atoms with Gasteiger partial charge in [-0.05, 0) is 18.6 Å². The molecule has 0 spiro atoms. The Morgan fingerprint density at radius 2 is 2.26 bits per heavy atom. The Kier molecular flexibility index (Phi) is 3.88. The normalized spacial score (nSPS) is 9.95. The first kappa shape index (κ1) is 13.2. The van der Waals surface area contributed by atoms with Crippen LogP contribution in [-0.2, 0) is 6.54 Å². The van der Waals surface area contributed by atoms with Gasteiger partial charge in [0.2, 0.25) is 17.5 Å². The zero-order chi connectivity index (χ0) is 13.8. The van der Waals surface area contributed by atoms with Crippen molar-refractivity contribution in [2.45, 2.75) is 13.5 Å². The van der Waals surface area contributed by atoms with Gasteiger partial charge in [0.05, 0.1) is 0 Å².